The Kier molecular flexibility index (Phi) is 8.04. The summed E-state index contributed by atoms with van der Waals surface area (Å²) in [5.41, 5.74) is 3.90. The molecule has 0 aliphatic heterocycles. The van der Waals surface area contributed by atoms with Crippen molar-refractivity contribution in [3.63, 3.8) is 0 Å². The zero-order valence-corrected chi connectivity index (χ0v) is 20.5. The highest BCUT2D eigenvalue weighted by molar-refractivity contribution is 5.40. The van der Waals surface area contributed by atoms with E-state index in [0.29, 0.717) is 23.8 Å². The first-order valence-corrected chi connectivity index (χ1v) is 12.6. The molecular formula is C29H43FO2. The van der Waals surface area contributed by atoms with Gasteiger partial charge in [0.15, 0.2) is 0 Å². The van der Waals surface area contributed by atoms with Crippen LogP contribution in [-0.4, -0.2) is 28.1 Å². The van der Waals surface area contributed by atoms with Gasteiger partial charge in [-0.05, 0) is 79.8 Å². The predicted molar refractivity (Wildman–Crippen MR) is 132 cm³/mol. The Hall–Kier alpha value is -1.45. The van der Waals surface area contributed by atoms with Crippen molar-refractivity contribution >= 4 is 0 Å². The molecule has 0 amide bonds. The van der Waals surface area contributed by atoms with E-state index in [0.717, 1.165) is 37.7 Å². The molecule has 0 aromatic heterocycles. The standard InChI is InChI=1S/C29H43FO2/c1-6-29(32,7-2)17-8-10-20(3)25-14-15-26-22(11-9-16-28(25,26)5)12-13-23-18-24(31)19-27(30)21(23)4/h8,12-14,17,20,24,26-27,31-32H,4,6-7,9-11,15-16,18-19H2,1-3,5H3/t20?,24?,26?,27?,28-/m1/s1. The van der Waals surface area contributed by atoms with Crippen LogP contribution < -0.4 is 0 Å². The molecule has 2 nitrogen and oxygen atoms in total. The first kappa shape index (κ1) is 25.2. The Morgan fingerprint density at radius 1 is 1.31 bits per heavy atom. The lowest BCUT2D eigenvalue weighted by Gasteiger charge is -2.42. The zero-order chi connectivity index (χ0) is 23.5. The highest BCUT2D eigenvalue weighted by Crippen LogP contribution is 2.57. The maximum atomic E-state index is 14.1. The molecule has 2 fully saturated rings. The molecule has 0 bridgehead atoms. The molecule has 2 N–H and O–H groups in total. The minimum atomic E-state index is -1.13. The largest absolute Gasteiger partial charge is 0.393 e. The summed E-state index contributed by atoms with van der Waals surface area (Å²) in [4.78, 5) is 0. The van der Waals surface area contributed by atoms with E-state index in [4.69, 9.17) is 0 Å². The van der Waals surface area contributed by atoms with Crippen LogP contribution in [0.4, 0.5) is 4.39 Å². The van der Waals surface area contributed by atoms with Crippen molar-refractivity contribution in [3.05, 3.63) is 59.3 Å². The van der Waals surface area contributed by atoms with Gasteiger partial charge in [-0.2, -0.15) is 0 Å². The van der Waals surface area contributed by atoms with Crippen LogP contribution in [0, 0.1) is 17.3 Å². The number of hydrogen-bond acceptors (Lipinski definition) is 2. The Bertz CT molecular complexity index is 813. The summed E-state index contributed by atoms with van der Waals surface area (Å²) in [6.45, 7) is 12.7. The van der Waals surface area contributed by atoms with Gasteiger partial charge in [0.2, 0.25) is 0 Å². The third-order valence-electron chi connectivity index (χ3n) is 8.51. The van der Waals surface area contributed by atoms with E-state index in [1.165, 1.54) is 18.4 Å². The number of fused-ring (bicyclic) bond motifs is 1. The Morgan fingerprint density at radius 2 is 2.03 bits per heavy atom. The van der Waals surface area contributed by atoms with Crippen LogP contribution in [0.3, 0.4) is 0 Å². The van der Waals surface area contributed by atoms with E-state index < -0.39 is 17.9 Å². The summed E-state index contributed by atoms with van der Waals surface area (Å²) < 4.78 is 14.1. The molecule has 0 radical (unpaired) electrons. The van der Waals surface area contributed by atoms with E-state index in [1.807, 2.05) is 26.0 Å². The molecule has 0 aromatic rings. The number of aliphatic hydroxyl groups is 2. The minimum absolute atomic E-state index is 0.168. The number of rotatable bonds is 7. The summed E-state index contributed by atoms with van der Waals surface area (Å²) in [6.07, 6.45) is 16.8. The summed E-state index contributed by atoms with van der Waals surface area (Å²) in [6, 6.07) is 0. The van der Waals surface area contributed by atoms with Crippen molar-refractivity contribution in [1.82, 2.24) is 0 Å². The molecule has 178 valence electrons. The molecule has 3 aliphatic rings. The van der Waals surface area contributed by atoms with Crippen LogP contribution in [-0.2, 0) is 0 Å². The van der Waals surface area contributed by atoms with Crippen molar-refractivity contribution in [2.45, 2.75) is 103 Å². The van der Waals surface area contributed by atoms with Gasteiger partial charge < -0.3 is 10.2 Å². The van der Waals surface area contributed by atoms with Crippen LogP contribution in [0.15, 0.2) is 59.3 Å². The summed E-state index contributed by atoms with van der Waals surface area (Å²) in [5.74, 6) is 0.957. The lowest BCUT2D eigenvalue weighted by molar-refractivity contribution is 0.0824. The topological polar surface area (TPSA) is 40.5 Å². The Labute approximate surface area is 194 Å². The van der Waals surface area contributed by atoms with E-state index >= 15 is 0 Å². The molecule has 4 unspecified atom stereocenters. The lowest BCUT2D eigenvalue weighted by atomic mass is 9.62. The molecule has 0 heterocycles. The van der Waals surface area contributed by atoms with Gasteiger partial charge >= 0.3 is 0 Å². The Morgan fingerprint density at radius 3 is 2.72 bits per heavy atom. The van der Waals surface area contributed by atoms with Gasteiger partial charge in [-0.1, -0.05) is 75.8 Å². The molecule has 5 atom stereocenters. The third-order valence-corrected chi connectivity index (χ3v) is 8.51. The van der Waals surface area contributed by atoms with E-state index in [2.05, 4.69) is 38.7 Å². The van der Waals surface area contributed by atoms with Gasteiger partial charge in [0.05, 0.1) is 11.7 Å². The molecule has 3 aliphatic carbocycles. The molecule has 0 saturated heterocycles. The predicted octanol–water partition coefficient (Wildman–Crippen LogP) is 7.16. The average molecular weight is 443 g/mol. The first-order chi connectivity index (χ1) is 15.1. The fraction of sp³-hybridized carbons (Fsp3) is 0.655. The van der Waals surface area contributed by atoms with E-state index in [-0.39, 0.29) is 11.8 Å². The molecule has 32 heavy (non-hydrogen) atoms. The fourth-order valence-electron chi connectivity index (χ4n) is 6.15. The summed E-state index contributed by atoms with van der Waals surface area (Å²) in [5, 5.41) is 20.5. The zero-order valence-electron chi connectivity index (χ0n) is 20.5. The van der Waals surface area contributed by atoms with Crippen molar-refractivity contribution in [2.75, 3.05) is 0 Å². The highest BCUT2D eigenvalue weighted by Gasteiger charge is 2.45. The summed E-state index contributed by atoms with van der Waals surface area (Å²) >= 11 is 0. The Balaban J connectivity index is 1.73. The van der Waals surface area contributed by atoms with Gasteiger partial charge in [-0.25, -0.2) is 4.39 Å². The fourth-order valence-corrected chi connectivity index (χ4v) is 6.15. The van der Waals surface area contributed by atoms with Crippen LogP contribution in [0.2, 0.25) is 0 Å². The quantitative estimate of drug-likeness (QED) is 0.411. The maximum Gasteiger partial charge on any atom is 0.127 e. The average Bonchev–Trinajstić information content (AvgIpc) is 3.12. The molecule has 2 saturated carbocycles. The van der Waals surface area contributed by atoms with Crippen LogP contribution in [0.5, 0.6) is 0 Å². The second-order valence-corrected chi connectivity index (χ2v) is 10.6. The second-order valence-electron chi connectivity index (χ2n) is 10.6. The van der Waals surface area contributed by atoms with Gasteiger partial charge in [0.25, 0.3) is 0 Å². The first-order valence-electron chi connectivity index (χ1n) is 12.6. The molecule has 3 heteroatoms. The van der Waals surface area contributed by atoms with E-state index in [1.54, 1.807) is 5.57 Å². The SMILES string of the molecule is C=C1C(=CC=C2CCC[C@]3(C)C(C(C)CC=CC(O)(CC)CC)=CCC23)CC(O)CC1F. The van der Waals surface area contributed by atoms with E-state index in [9.17, 15) is 14.6 Å². The summed E-state index contributed by atoms with van der Waals surface area (Å²) in [7, 11) is 0. The van der Waals surface area contributed by atoms with Crippen molar-refractivity contribution in [1.29, 1.82) is 0 Å². The monoisotopic (exact) mass is 442 g/mol. The van der Waals surface area contributed by atoms with Crippen LogP contribution in [0.1, 0.15) is 85.5 Å². The minimum Gasteiger partial charge on any atom is -0.393 e. The maximum absolute atomic E-state index is 14.1. The van der Waals surface area contributed by atoms with Crippen molar-refractivity contribution in [2.24, 2.45) is 17.3 Å². The molecule has 0 aromatic carbocycles. The van der Waals surface area contributed by atoms with Gasteiger partial charge in [-0.3, -0.25) is 0 Å². The second kappa shape index (κ2) is 10.2. The third kappa shape index (κ3) is 5.20. The van der Waals surface area contributed by atoms with Gasteiger partial charge in [-0.15, -0.1) is 0 Å². The number of aliphatic hydroxyl groups excluding tert-OH is 1. The molecule has 0 spiro atoms. The smallest absolute Gasteiger partial charge is 0.127 e. The lowest BCUT2D eigenvalue weighted by Crippen LogP contribution is -2.32. The van der Waals surface area contributed by atoms with Crippen LogP contribution >= 0.6 is 0 Å². The van der Waals surface area contributed by atoms with Crippen molar-refractivity contribution < 1.29 is 14.6 Å². The van der Waals surface area contributed by atoms with Crippen molar-refractivity contribution in [3.8, 4) is 0 Å². The number of alkyl halides is 1. The normalized spacial score (nSPS) is 34.9. The number of hydrogen-bond donors (Lipinski definition) is 2. The number of allylic oxidation sites excluding steroid dienone is 7. The van der Waals surface area contributed by atoms with Crippen LogP contribution in [0.25, 0.3) is 0 Å². The van der Waals surface area contributed by atoms with Gasteiger partial charge in [0, 0.05) is 6.42 Å². The van der Waals surface area contributed by atoms with Gasteiger partial charge in [0.1, 0.15) is 6.17 Å². The molecular weight excluding hydrogens is 399 g/mol. The number of halogens is 1. The molecule has 3 rings (SSSR count). The highest BCUT2D eigenvalue weighted by atomic mass is 19.1.